The molecular formula is C27H26Cl2N2O6S. The van der Waals surface area contributed by atoms with Crippen molar-refractivity contribution in [3.8, 4) is 0 Å². The number of aliphatic carboxylic acids is 1. The molecule has 1 saturated heterocycles. The Labute approximate surface area is 231 Å². The topological polar surface area (TPSA) is 114 Å². The van der Waals surface area contributed by atoms with Crippen molar-refractivity contribution < 1.29 is 27.9 Å². The van der Waals surface area contributed by atoms with Gasteiger partial charge in [-0.1, -0.05) is 60.5 Å². The normalized spacial score (nSPS) is 20.8. The summed E-state index contributed by atoms with van der Waals surface area (Å²) in [6.45, 7) is 1.78. The summed E-state index contributed by atoms with van der Waals surface area (Å²) in [4.78, 5) is 31.0. The molecule has 0 saturated carbocycles. The van der Waals surface area contributed by atoms with Crippen molar-refractivity contribution in [2.24, 2.45) is 0 Å². The number of sulfone groups is 1. The largest absolute Gasteiger partial charge is 0.481 e. The second-order valence-electron chi connectivity index (χ2n) is 8.95. The highest BCUT2D eigenvalue weighted by molar-refractivity contribution is 7.91. The number of halogens is 2. The third kappa shape index (κ3) is 6.18. The summed E-state index contributed by atoms with van der Waals surface area (Å²) in [6.07, 6.45) is -1.06. The van der Waals surface area contributed by atoms with E-state index in [9.17, 15) is 23.1 Å². The van der Waals surface area contributed by atoms with Crippen molar-refractivity contribution >= 4 is 44.9 Å². The molecule has 1 aromatic heterocycles. The van der Waals surface area contributed by atoms with Crippen LogP contribution in [0.15, 0.2) is 78.0 Å². The molecule has 0 bridgehead atoms. The maximum absolute atomic E-state index is 13.9. The lowest BCUT2D eigenvalue weighted by Gasteiger charge is -2.48. The molecule has 200 valence electrons. The summed E-state index contributed by atoms with van der Waals surface area (Å²) in [5, 5.41) is 10.3. The van der Waals surface area contributed by atoms with E-state index in [0.29, 0.717) is 21.2 Å². The second-order valence-corrected chi connectivity index (χ2v) is 11.8. The molecule has 0 radical (unpaired) electrons. The fourth-order valence-corrected chi connectivity index (χ4v) is 6.57. The van der Waals surface area contributed by atoms with Crippen LogP contribution in [-0.2, 0) is 24.2 Å². The van der Waals surface area contributed by atoms with Gasteiger partial charge in [0, 0.05) is 22.3 Å². The lowest BCUT2D eigenvalue weighted by Crippen LogP contribution is -2.56. The van der Waals surface area contributed by atoms with E-state index >= 15 is 0 Å². The highest BCUT2D eigenvalue weighted by atomic mass is 35.5. The highest BCUT2D eigenvalue weighted by Gasteiger charge is 2.48. The number of amides is 1. The first-order valence-electron chi connectivity index (χ1n) is 11.9. The van der Waals surface area contributed by atoms with Gasteiger partial charge in [0.15, 0.2) is 14.9 Å². The van der Waals surface area contributed by atoms with Gasteiger partial charge in [0.2, 0.25) is 0 Å². The Morgan fingerprint density at radius 1 is 1.05 bits per heavy atom. The first-order chi connectivity index (χ1) is 18.1. The van der Waals surface area contributed by atoms with Gasteiger partial charge in [-0.05, 0) is 53.9 Å². The predicted molar refractivity (Wildman–Crippen MR) is 143 cm³/mol. The smallest absolute Gasteiger partial charge is 0.306 e. The number of ether oxygens (including phenoxy) is 1. The number of morpholine rings is 1. The molecule has 4 atom stereocenters. The Kier molecular flexibility index (Phi) is 8.72. The third-order valence-corrected chi connectivity index (χ3v) is 8.60. The zero-order chi connectivity index (χ0) is 27.4. The van der Waals surface area contributed by atoms with Gasteiger partial charge >= 0.3 is 5.97 Å². The average Bonchev–Trinajstić information content (AvgIpc) is 2.89. The van der Waals surface area contributed by atoms with Crippen molar-refractivity contribution in [3.05, 3.63) is 94.1 Å². The van der Waals surface area contributed by atoms with E-state index in [-0.39, 0.29) is 11.4 Å². The molecule has 0 aliphatic carbocycles. The highest BCUT2D eigenvalue weighted by Crippen LogP contribution is 2.45. The molecular weight excluding hydrogens is 551 g/mol. The molecule has 1 aliphatic rings. The Morgan fingerprint density at radius 3 is 2.39 bits per heavy atom. The summed E-state index contributed by atoms with van der Waals surface area (Å²) in [5.41, 5.74) is 1.27. The second kappa shape index (κ2) is 11.8. The van der Waals surface area contributed by atoms with Gasteiger partial charge < -0.3 is 14.7 Å². The summed E-state index contributed by atoms with van der Waals surface area (Å²) >= 11 is 12.4. The Hall–Kier alpha value is -2.98. The summed E-state index contributed by atoms with van der Waals surface area (Å²) < 4.78 is 32.8. The number of hydrogen-bond donors (Lipinski definition) is 1. The molecule has 38 heavy (non-hydrogen) atoms. The van der Waals surface area contributed by atoms with Gasteiger partial charge in [0.1, 0.15) is 12.2 Å². The first kappa shape index (κ1) is 28.0. The van der Waals surface area contributed by atoms with E-state index in [0.717, 1.165) is 0 Å². The Morgan fingerprint density at radius 2 is 1.79 bits per heavy atom. The molecule has 2 aromatic carbocycles. The van der Waals surface area contributed by atoms with Crippen molar-refractivity contribution in [3.63, 3.8) is 0 Å². The number of nitrogens with zero attached hydrogens (tertiary/aromatic N) is 2. The van der Waals surface area contributed by atoms with Crippen molar-refractivity contribution in [1.29, 1.82) is 0 Å². The number of aromatic nitrogens is 1. The minimum atomic E-state index is -3.89. The number of carboxylic acids is 1. The quantitative estimate of drug-likeness (QED) is 0.375. The zero-order valence-corrected chi connectivity index (χ0v) is 22.7. The molecule has 2 heterocycles. The Bertz CT molecular complexity index is 1400. The van der Waals surface area contributed by atoms with Gasteiger partial charge in [-0.3, -0.25) is 9.59 Å². The molecule has 2 unspecified atom stereocenters. The van der Waals surface area contributed by atoms with Crippen LogP contribution in [0.3, 0.4) is 0 Å². The lowest BCUT2D eigenvalue weighted by molar-refractivity contribution is -0.182. The molecule has 1 fully saturated rings. The monoisotopic (exact) mass is 576 g/mol. The van der Waals surface area contributed by atoms with Crippen LogP contribution in [0.25, 0.3) is 0 Å². The maximum Gasteiger partial charge on any atom is 0.306 e. The van der Waals surface area contributed by atoms with Crippen LogP contribution in [0.4, 0.5) is 0 Å². The molecule has 3 aromatic rings. The van der Waals surface area contributed by atoms with Crippen LogP contribution in [0.5, 0.6) is 0 Å². The average molecular weight is 577 g/mol. The van der Waals surface area contributed by atoms with Crippen LogP contribution in [0, 0.1) is 0 Å². The molecule has 11 heteroatoms. The molecule has 1 aliphatic heterocycles. The van der Waals surface area contributed by atoms with E-state index in [1.165, 1.54) is 17.2 Å². The number of benzene rings is 2. The number of hydrogen-bond acceptors (Lipinski definition) is 6. The number of pyridine rings is 1. The van der Waals surface area contributed by atoms with Crippen molar-refractivity contribution in [2.75, 3.05) is 5.75 Å². The van der Waals surface area contributed by atoms with E-state index in [2.05, 4.69) is 4.98 Å². The number of carbonyl (C=O) groups excluding carboxylic acids is 1. The molecule has 8 nitrogen and oxygen atoms in total. The fourth-order valence-electron chi connectivity index (χ4n) is 4.66. The van der Waals surface area contributed by atoms with Crippen LogP contribution in [0.1, 0.15) is 43.0 Å². The van der Waals surface area contributed by atoms with Gasteiger partial charge in [-0.2, -0.15) is 0 Å². The minimum Gasteiger partial charge on any atom is -0.481 e. The van der Waals surface area contributed by atoms with Crippen LogP contribution < -0.4 is 0 Å². The van der Waals surface area contributed by atoms with Crippen molar-refractivity contribution in [1.82, 2.24) is 9.88 Å². The zero-order valence-electron chi connectivity index (χ0n) is 20.4. The molecule has 4 rings (SSSR count). The number of carboxylic acid groups (broad SMARTS) is 1. The summed E-state index contributed by atoms with van der Waals surface area (Å²) in [7, 11) is -3.89. The van der Waals surface area contributed by atoms with Crippen molar-refractivity contribution in [2.45, 2.75) is 49.1 Å². The lowest BCUT2D eigenvalue weighted by atomic mass is 9.89. The molecule has 0 spiro atoms. The fraction of sp³-hybridized carbons (Fsp3) is 0.296. The Balaban J connectivity index is 1.86. The standard InChI is InChI=1S/C27H26Cl2N2O6S/c1-2-21(16-38(35,36)23-8-3-4-13-30-23)31-25(17-9-11-19(28)12-10-17)26(18-6-5-7-20(29)14-18)37-22(27(31)34)15-24(32)33/h3-14,21-22,25-26H,2,15-16H2,1H3,(H,32,33)/t21-,22-,25?,26?/m0/s1. The van der Waals surface area contributed by atoms with Gasteiger partial charge in [0.05, 0.1) is 18.2 Å². The van der Waals surface area contributed by atoms with E-state index in [4.69, 9.17) is 27.9 Å². The predicted octanol–water partition coefficient (Wildman–Crippen LogP) is 5.13. The third-order valence-electron chi connectivity index (χ3n) is 6.41. The van der Waals surface area contributed by atoms with Gasteiger partial charge in [-0.15, -0.1) is 0 Å². The SMILES string of the molecule is CC[C@@H](CS(=O)(=O)c1ccccn1)N1C(=O)[C@H](CC(=O)O)OC(c2cccc(Cl)c2)C1c1ccc(Cl)cc1. The first-order valence-corrected chi connectivity index (χ1v) is 14.4. The molecule has 1 N–H and O–H groups in total. The van der Waals surface area contributed by atoms with E-state index in [1.807, 2.05) is 0 Å². The van der Waals surface area contributed by atoms with E-state index in [1.54, 1.807) is 67.6 Å². The molecule has 1 amide bonds. The van der Waals surface area contributed by atoms with Crippen LogP contribution in [0.2, 0.25) is 10.0 Å². The summed E-state index contributed by atoms with van der Waals surface area (Å²) in [6, 6.07) is 16.7. The van der Waals surface area contributed by atoms with E-state index < -0.39 is 58.2 Å². The number of carbonyl (C=O) groups is 2. The van der Waals surface area contributed by atoms with Gasteiger partial charge in [0.25, 0.3) is 5.91 Å². The summed E-state index contributed by atoms with van der Waals surface area (Å²) in [5.74, 6) is -2.22. The number of rotatable bonds is 9. The van der Waals surface area contributed by atoms with Gasteiger partial charge in [-0.25, -0.2) is 13.4 Å². The minimum absolute atomic E-state index is 0.101. The van der Waals surface area contributed by atoms with Crippen LogP contribution in [-0.4, -0.2) is 53.2 Å². The maximum atomic E-state index is 13.9. The van der Waals surface area contributed by atoms with Crippen LogP contribution >= 0.6 is 23.2 Å².